The maximum absolute atomic E-state index is 11.7. The summed E-state index contributed by atoms with van der Waals surface area (Å²) < 4.78 is 6.02. The highest BCUT2D eigenvalue weighted by molar-refractivity contribution is 9.10. The van der Waals surface area contributed by atoms with E-state index in [9.17, 15) is 4.79 Å². The SMILES string of the molecule is COc1ccc(Br)cc1NC(=O)C(C)CCl. The number of ether oxygens (including phenoxy) is 1. The van der Waals surface area contributed by atoms with E-state index in [1.54, 1.807) is 26.2 Å². The molecule has 0 aliphatic carbocycles. The summed E-state index contributed by atoms with van der Waals surface area (Å²) in [7, 11) is 1.56. The predicted molar refractivity (Wildman–Crippen MR) is 69.2 cm³/mol. The van der Waals surface area contributed by atoms with Gasteiger partial charge < -0.3 is 10.1 Å². The van der Waals surface area contributed by atoms with Gasteiger partial charge in [0.05, 0.1) is 12.8 Å². The summed E-state index contributed by atoms with van der Waals surface area (Å²) in [4.78, 5) is 11.7. The summed E-state index contributed by atoms with van der Waals surface area (Å²) in [6.07, 6.45) is 0. The molecule has 3 nitrogen and oxygen atoms in total. The molecular weight excluding hydrogens is 293 g/mol. The van der Waals surface area contributed by atoms with Crippen LogP contribution in [-0.2, 0) is 4.79 Å². The van der Waals surface area contributed by atoms with Crippen molar-refractivity contribution in [3.05, 3.63) is 22.7 Å². The second kappa shape index (κ2) is 6.11. The van der Waals surface area contributed by atoms with Crippen molar-refractivity contribution in [2.24, 2.45) is 5.92 Å². The Balaban J connectivity index is 2.87. The summed E-state index contributed by atoms with van der Waals surface area (Å²) in [5, 5.41) is 2.77. The topological polar surface area (TPSA) is 38.3 Å². The van der Waals surface area contributed by atoms with Gasteiger partial charge in [-0.2, -0.15) is 0 Å². The highest BCUT2D eigenvalue weighted by atomic mass is 79.9. The van der Waals surface area contributed by atoms with Crippen molar-refractivity contribution in [1.29, 1.82) is 0 Å². The molecule has 0 radical (unpaired) electrons. The summed E-state index contributed by atoms with van der Waals surface area (Å²) in [6.45, 7) is 1.77. The fraction of sp³-hybridized carbons (Fsp3) is 0.364. The van der Waals surface area contributed by atoms with Gasteiger partial charge in [-0.15, -0.1) is 11.6 Å². The summed E-state index contributed by atoms with van der Waals surface area (Å²) in [5.41, 5.74) is 0.638. The number of methoxy groups -OCH3 is 1. The van der Waals surface area contributed by atoms with E-state index in [4.69, 9.17) is 16.3 Å². The number of alkyl halides is 1. The fourth-order valence-corrected chi connectivity index (χ4v) is 1.61. The molecule has 16 heavy (non-hydrogen) atoms. The normalized spacial score (nSPS) is 12.0. The molecule has 1 amide bonds. The second-order valence-corrected chi connectivity index (χ2v) is 4.61. The lowest BCUT2D eigenvalue weighted by molar-refractivity contribution is -0.118. The molecule has 0 saturated carbocycles. The molecule has 1 atom stereocenters. The molecule has 0 heterocycles. The molecule has 1 N–H and O–H groups in total. The van der Waals surface area contributed by atoms with Crippen molar-refractivity contribution >= 4 is 39.1 Å². The maximum Gasteiger partial charge on any atom is 0.228 e. The van der Waals surface area contributed by atoms with Crippen molar-refractivity contribution in [1.82, 2.24) is 0 Å². The molecule has 88 valence electrons. The first kappa shape index (κ1) is 13.3. The first-order valence-corrected chi connectivity index (χ1v) is 6.11. The number of nitrogens with one attached hydrogen (secondary N) is 1. The van der Waals surface area contributed by atoms with E-state index in [0.717, 1.165) is 4.47 Å². The Hall–Kier alpha value is -0.740. The fourth-order valence-electron chi connectivity index (χ4n) is 1.10. The lowest BCUT2D eigenvalue weighted by Gasteiger charge is -2.12. The number of hydrogen-bond donors (Lipinski definition) is 1. The van der Waals surface area contributed by atoms with Gasteiger partial charge in [-0.3, -0.25) is 4.79 Å². The minimum absolute atomic E-state index is 0.119. The van der Waals surface area contributed by atoms with Crippen LogP contribution in [0, 0.1) is 5.92 Å². The Bertz CT molecular complexity index is 384. The zero-order valence-corrected chi connectivity index (χ0v) is 11.4. The van der Waals surface area contributed by atoms with E-state index in [1.807, 2.05) is 6.07 Å². The minimum Gasteiger partial charge on any atom is -0.495 e. The van der Waals surface area contributed by atoms with Crippen LogP contribution in [0.4, 0.5) is 5.69 Å². The van der Waals surface area contributed by atoms with Crippen LogP contribution in [0.1, 0.15) is 6.92 Å². The smallest absolute Gasteiger partial charge is 0.228 e. The van der Waals surface area contributed by atoms with Crippen LogP contribution in [-0.4, -0.2) is 18.9 Å². The van der Waals surface area contributed by atoms with E-state index < -0.39 is 0 Å². The molecule has 1 rings (SSSR count). The largest absolute Gasteiger partial charge is 0.495 e. The number of rotatable bonds is 4. The van der Waals surface area contributed by atoms with Crippen LogP contribution < -0.4 is 10.1 Å². The predicted octanol–water partition coefficient (Wildman–Crippen LogP) is 3.27. The van der Waals surface area contributed by atoms with Crippen molar-refractivity contribution in [3.63, 3.8) is 0 Å². The van der Waals surface area contributed by atoms with Gasteiger partial charge in [0.1, 0.15) is 5.75 Å². The van der Waals surface area contributed by atoms with E-state index in [1.165, 1.54) is 0 Å². The Kier molecular flexibility index (Phi) is 5.09. The molecule has 0 aliphatic rings. The Morgan fingerprint density at radius 1 is 1.62 bits per heavy atom. The monoisotopic (exact) mass is 305 g/mol. The first-order valence-electron chi connectivity index (χ1n) is 4.79. The van der Waals surface area contributed by atoms with Crippen LogP contribution in [0.2, 0.25) is 0 Å². The molecule has 0 aromatic heterocycles. The third kappa shape index (κ3) is 3.39. The molecular formula is C11H13BrClNO2. The highest BCUT2D eigenvalue weighted by Crippen LogP contribution is 2.28. The van der Waals surface area contributed by atoms with Gasteiger partial charge in [-0.1, -0.05) is 22.9 Å². The number of halogens is 2. The van der Waals surface area contributed by atoms with E-state index in [-0.39, 0.29) is 11.8 Å². The van der Waals surface area contributed by atoms with E-state index in [0.29, 0.717) is 17.3 Å². The van der Waals surface area contributed by atoms with Crippen molar-refractivity contribution in [2.75, 3.05) is 18.3 Å². The summed E-state index contributed by atoms with van der Waals surface area (Å²) in [6, 6.07) is 5.42. The number of anilines is 1. The van der Waals surface area contributed by atoms with Gasteiger partial charge in [0, 0.05) is 16.3 Å². The van der Waals surface area contributed by atoms with Gasteiger partial charge in [0.2, 0.25) is 5.91 Å². The number of carbonyl (C=O) groups excluding carboxylic acids is 1. The lowest BCUT2D eigenvalue weighted by Crippen LogP contribution is -2.21. The first-order chi connectivity index (χ1) is 7.58. The molecule has 1 unspecified atom stereocenters. The molecule has 0 saturated heterocycles. The zero-order valence-electron chi connectivity index (χ0n) is 9.09. The Labute approximate surface area is 108 Å². The maximum atomic E-state index is 11.7. The third-order valence-corrected chi connectivity index (χ3v) is 3.05. The van der Waals surface area contributed by atoms with Crippen molar-refractivity contribution in [2.45, 2.75) is 6.92 Å². The number of hydrogen-bond acceptors (Lipinski definition) is 2. The molecule has 1 aromatic rings. The molecule has 0 spiro atoms. The van der Waals surface area contributed by atoms with Gasteiger partial charge in [0.25, 0.3) is 0 Å². The molecule has 1 aromatic carbocycles. The van der Waals surface area contributed by atoms with Crippen molar-refractivity contribution < 1.29 is 9.53 Å². The van der Waals surface area contributed by atoms with Crippen LogP contribution >= 0.6 is 27.5 Å². The Morgan fingerprint density at radius 3 is 2.88 bits per heavy atom. The zero-order chi connectivity index (χ0) is 12.1. The molecule has 5 heteroatoms. The molecule has 0 aliphatic heterocycles. The number of carbonyl (C=O) groups is 1. The number of benzene rings is 1. The second-order valence-electron chi connectivity index (χ2n) is 3.39. The summed E-state index contributed by atoms with van der Waals surface area (Å²) in [5.74, 6) is 0.567. The lowest BCUT2D eigenvalue weighted by atomic mass is 10.2. The van der Waals surface area contributed by atoms with Crippen LogP contribution in [0.25, 0.3) is 0 Å². The third-order valence-electron chi connectivity index (χ3n) is 2.10. The Morgan fingerprint density at radius 2 is 2.31 bits per heavy atom. The van der Waals surface area contributed by atoms with Crippen LogP contribution in [0.3, 0.4) is 0 Å². The van der Waals surface area contributed by atoms with Crippen LogP contribution in [0.15, 0.2) is 22.7 Å². The van der Waals surface area contributed by atoms with Gasteiger partial charge in [-0.25, -0.2) is 0 Å². The van der Waals surface area contributed by atoms with E-state index in [2.05, 4.69) is 21.2 Å². The molecule has 0 bridgehead atoms. The van der Waals surface area contributed by atoms with Crippen LogP contribution in [0.5, 0.6) is 5.75 Å². The average molecular weight is 307 g/mol. The highest BCUT2D eigenvalue weighted by Gasteiger charge is 2.13. The van der Waals surface area contributed by atoms with E-state index >= 15 is 0 Å². The summed E-state index contributed by atoms with van der Waals surface area (Å²) >= 11 is 8.95. The minimum atomic E-state index is -0.231. The quantitative estimate of drug-likeness (QED) is 0.867. The molecule has 0 fully saturated rings. The standard InChI is InChI=1S/C11H13BrClNO2/c1-7(6-13)11(15)14-9-5-8(12)3-4-10(9)16-2/h3-5,7H,6H2,1-2H3,(H,14,15). The van der Waals surface area contributed by atoms with Gasteiger partial charge in [-0.05, 0) is 18.2 Å². The van der Waals surface area contributed by atoms with Gasteiger partial charge >= 0.3 is 0 Å². The number of amides is 1. The van der Waals surface area contributed by atoms with Crippen molar-refractivity contribution in [3.8, 4) is 5.75 Å². The average Bonchev–Trinajstić information content (AvgIpc) is 2.28. The van der Waals surface area contributed by atoms with Gasteiger partial charge in [0.15, 0.2) is 0 Å².